The van der Waals surface area contributed by atoms with Gasteiger partial charge in [0, 0.05) is 38.3 Å². The van der Waals surface area contributed by atoms with Crippen LogP contribution >= 0.6 is 0 Å². The van der Waals surface area contributed by atoms with Crippen molar-refractivity contribution in [3.63, 3.8) is 0 Å². The Kier molecular flexibility index (Phi) is 4.94. The lowest BCUT2D eigenvalue weighted by Gasteiger charge is -2.35. The first kappa shape index (κ1) is 17.7. The van der Waals surface area contributed by atoms with E-state index in [0.29, 0.717) is 5.69 Å². The van der Waals surface area contributed by atoms with Gasteiger partial charge in [-0.1, -0.05) is 30.3 Å². The molecule has 7 heteroatoms. The van der Waals surface area contributed by atoms with Crippen LogP contribution in [-0.4, -0.2) is 65.4 Å². The van der Waals surface area contributed by atoms with E-state index in [1.807, 2.05) is 37.4 Å². The van der Waals surface area contributed by atoms with Gasteiger partial charge in [0.15, 0.2) is 6.39 Å². The summed E-state index contributed by atoms with van der Waals surface area (Å²) in [6.07, 6.45) is 3.86. The molecule has 0 radical (unpaired) electrons. The summed E-state index contributed by atoms with van der Waals surface area (Å²) in [4.78, 5) is 33.1. The van der Waals surface area contributed by atoms with Crippen LogP contribution in [0.2, 0.25) is 0 Å². The minimum Gasteiger partial charge on any atom is -0.438 e. The van der Waals surface area contributed by atoms with Gasteiger partial charge in [0.25, 0.3) is 5.91 Å². The summed E-state index contributed by atoms with van der Waals surface area (Å²) in [5.41, 5.74) is 1.42. The second kappa shape index (κ2) is 7.52. The normalized spacial score (nSPS) is 21.6. The number of hydrogen-bond donors (Lipinski definition) is 1. The van der Waals surface area contributed by atoms with E-state index in [1.165, 1.54) is 6.39 Å². The third-order valence-electron chi connectivity index (χ3n) is 5.53. The van der Waals surface area contributed by atoms with E-state index in [2.05, 4.69) is 15.2 Å². The molecular weight excluding hydrogens is 344 g/mol. The number of benzene rings is 1. The highest BCUT2D eigenvalue weighted by Gasteiger charge is 2.36. The fourth-order valence-electron chi connectivity index (χ4n) is 3.96. The monoisotopic (exact) mass is 368 g/mol. The average molecular weight is 368 g/mol. The number of likely N-dealkylation sites (N-methyl/N-ethyl adjacent to an activating group) is 1. The van der Waals surface area contributed by atoms with Crippen molar-refractivity contribution in [3.8, 4) is 11.3 Å². The number of nitrogens with zero attached hydrogens (tertiary/aromatic N) is 3. The van der Waals surface area contributed by atoms with Crippen LogP contribution in [0.25, 0.3) is 11.3 Å². The maximum atomic E-state index is 12.7. The number of carbonyl (C=O) groups excluding carboxylic acids is 2. The van der Waals surface area contributed by atoms with E-state index in [4.69, 9.17) is 4.42 Å². The summed E-state index contributed by atoms with van der Waals surface area (Å²) in [6.45, 7) is 2.46. The maximum absolute atomic E-state index is 12.7. The quantitative estimate of drug-likeness (QED) is 0.890. The number of nitrogens with one attached hydrogen (secondary N) is 1. The van der Waals surface area contributed by atoms with Crippen LogP contribution < -0.4 is 5.32 Å². The van der Waals surface area contributed by atoms with E-state index < -0.39 is 0 Å². The Hall–Kier alpha value is -2.67. The molecule has 0 bridgehead atoms. The van der Waals surface area contributed by atoms with E-state index in [-0.39, 0.29) is 29.7 Å². The Morgan fingerprint density at radius 2 is 1.89 bits per heavy atom. The molecule has 0 aliphatic carbocycles. The molecule has 1 atom stereocenters. The first-order valence-corrected chi connectivity index (χ1v) is 9.42. The summed E-state index contributed by atoms with van der Waals surface area (Å²) < 4.78 is 5.37. The molecule has 7 nitrogen and oxygen atoms in total. The molecule has 0 unspecified atom stereocenters. The summed E-state index contributed by atoms with van der Waals surface area (Å²) in [7, 11) is 1.86. The maximum Gasteiger partial charge on any atom is 0.289 e. The average Bonchev–Trinajstić information content (AvgIpc) is 3.31. The number of amides is 2. The number of oxazole rings is 1. The summed E-state index contributed by atoms with van der Waals surface area (Å²) in [6, 6.07) is 9.63. The highest BCUT2D eigenvalue weighted by molar-refractivity contribution is 5.97. The van der Waals surface area contributed by atoms with Gasteiger partial charge >= 0.3 is 0 Å². The fraction of sp³-hybridized carbons (Fsp3) is 0.450. The Morgan fingerprint density at radius 1 is 1.15 bits per heavy atom. The van der Waals surface area contributed by atoms with Gasteiger partial charge in [0.05, 0.1) is 6.04 Å². The molecule has 2 fully saturated rings. The van der Waals surface area contributed by atoms with E-state index in [0.717, 1.165) is 44.5 Å². The van der Waals surface area contributed by atoms with Gasteiger partial charge in [-0.3, -0.25) is 14.5 Å². The molecule has 142 valence electrons. The van der Waals surface area contributed by atoms with Crippen molar-refractivity contribution in [1.82, 2.24) is 20.1 Å². The second-order valence-corrected chi connectivity index (χ2v) is 7.24. The zero-order valence-electron chi connectivity index (χ0n) is 15.4. The number of likely N-dealkylation sites (tertiary alicyclic amines) is 2. The first-order chi connectivity index (χ1) is 13.1. The molecule has 3 heterocycles. The van der Waals surface area contributed by atoms with Gasteiger partial charge in [-0.05, 0) is 19.3 Å². The van der Waals surface area contributed by atoms with Gasteiger partial charge in [-0.25, -0.2) is 4.98 Å². The fourth-order valence-corrected chi connectivity index (χ4v) is 3.96. The SMILES string of the molecule is CN1CC[C@@H](N2CCC(NC(=O)c3ocnc3-c3ccccc3)CC2)C1=O. The van der Waals surface area contributed by atoms with Crippen LogP contribution in [0, 0.1) is 0 Å². The van der Waals surface area contributed by atoms with Gasteiger partial charge in [-0.15, -0.1) is 0 Å². The molecule has 1 N–H and O–H groups in total. The minimum absolute atomic E-state index is 0.00519. The van der Waals surface area contributed by atoms with Crippen LogP contribution in [0.3, 0.4) is 0 Å². The molecule has 2 amide bonds. The zero-order chi connectivity index (χ0) is 18.8. The van der Waals surface area contributed by atoms with Crippen molar-refractivity contribution in [1.29, 1.82) is 0 Å². The summed E-state index contributed by atoms with van der Waals surface area (Å²) in [5.74, 6) is 0.226. The molecule has 0 saturated carbocycles. The predicted molar refractivity (Wildman–Crippen MR) is 100 cm³/mol. The van der Waals surface area contributed by atoms with Gasteiger partial charge in [-0.2, -0.15) is 0 Å². The van der Waals surface area contributed by atoms with Crippen molar-refractivity contribution in [2.75, 3.05) is 26.7 Å². The molecule has 2 aliphatic heterocycles. The Labute approximate surface area is 158 Å². The van der Waals surface area contributed by atoms with Gasteiger partial charge < -0.3 is 14.6 Å². The third-order valence-corrected chi connectivity index (χ3v) is 5.53. The second-order valence-electron chi connectivity index (χ2n) is 7.24. The van der Waals surface area contributed by atoms with Crippen LogP contribution in [0.1, 0.15) is 29.8 Å². The number of rotatable bonds is 4. The van der Waals surface area contributed by atoms with Crippen LogP contribution in [0.4, 0.5) is 0 Å². The standard InChI is InChI=1S/C20H24N4O3/c1-23-10-9-16(20(23)26)24-11-7-15(8-12-24)22-19(25)18-17(21-13-27-18)14-5-3-2-4-6-14/h2-6,13,15-16H,7-12H2,1H3,(H,22,25)/t16-/m1/s1. The largest absolute Gasteiger partial charge is 0.438 e. The van der Waals surface area contributed by atoms with Crippen molar-refractivity contribution >= 4 is 11.8 Å². The van der Waals surface area contributed by atoms with Crippen molar-refractivity contribution < 1.29 is 14.0 Å². The smallest absolute Gasteiger partial charge is 0.289 e. The molecular formula is C20H24N4O3. The molecule has 1 aromatic carbocycles. The molecule has 27 heavy (non-hydrogen) atoms. The first-order valence-electron chi connectivity index (χ1n) is 9.42. The minimum atomic E-state index is -0.235. The lowest BCUT2D eigenvalue weighted by molar-refractivity contribution is -0.131. The predicted octanol–water partition coefficient (Wildman–Crippen LogP) is 1.77. The van der Waals surface area contributed by atoms with Crippen molar-refractivity contribution in [2.24, 2.45) is 0 Å². The molecule has 2 saturated heterocycles. The van der Waals surface area contributed by atoms with Gasteiger partial charge in [0.1, 0.15) is 5.69 Å². The zero-order valence-corrected chi connectivity index (χ0v) is 15.4. The number of carbonyl (C=O) groups is 2. The number of hydrogen-bond acceptors (Lipinski definition) is 5. The lowest BCUT2D eigenvalue weighted by atomic mass is 10.0. The van der Waals surface area contributed by atoms with Crippen LogP contribution in [-0.2, 0) is 4.79 Å². The molecule has 0 spiro atoms. The molecule has 4 rings (SSSR count). The molecule has 2 aliphatic rings. The third kappa shape index (κ3) is 3.60. The summed E-state index contributed by atoms with van der Waals surface area (Å²) >= 11 is 0. The van der Waals surface area contributed by atoms with E-state index in [1.54, 1.807) is 4.90 Å². The van der Waals surface area contributed by atoms with E-state index in [9.17, 15) is 9.59 Å². The Bertz CT molecular complexity index is 812. The molecule has 2 aromatic rings. The summed E-state index contributed by atoms with van der Waals surface area (Å²) in [5, 5.41) is 3.07. The van der Waals surface area contributed by atoms with Crippen LogP contribution in [0.5, 0.6) is 0 Å². The highest BCUT2D eigenvalue weighted by Crippen LogP contribution is 2.23. The molecule has 1 aromatic heterocycles. The number of aromatic nitrogens is 1. The Balaban J connectivity index is 1.36. The van der Waals surface area contributed by atoms with Crippen molar-refractivity contribution in [3.05, 3.63) is 42.5 Å². The Morgan fingerprint density at radius 3 is 2.56 bits per heavy atom. The lowest BCUT2D eigenvalue weighted by Crippen LogP contribution is -2.50. The highest BCUT2D eigenvalue weighted by atomic mass is 16.3. The number of piperidine rings is 1. The van der Waals surface area contributed by atoms with Crippen LogP contribution in [0.15, 0.2) is 41.1 Å². The van der Waals surface area contributed by atoms with E-state index >= 15 is 0 Å². The topological polar surface area (TPSA) is 78.7 Å². The van der Waals surface area contributed by atoms with Crippen molar-refractivity contribution in [2.45, 2.75) is 31.3 Å². The van der Waals surface area contributed by atoms with Gasteiger partial charge in [0.2, 0.25) is 11.7 Å².